The number of carbonyl (C=O) groups excluding carboxylic acids is 1. The van der Waals surface area contributed by atoms with Gasteiger partial charge in [0.15, 0.2) is 0 Å². The van der Waals surface area contributed by atoms with Gasteiger partial charge in [-0.2, -0.15) is 0 Å². The van der Waals surface area contributed by atoms with Crippen LogP contribution in [0.3, 0.4) is 0 Å². The minimum atomic E-state index is 0.0772. The molecule has 0 radical (unpaired) electrons. The SMILES string of the molecule is CCC(C)(C)CNC(=O)[C@H]1CCCN(c2ccccn2)C1. The van der Waals surface area contributed by atoms with E-state index in [0.717, 1.165) is 44.7 Å². The Balaban J connectivity index is 1.90. The van der Waals surface area contributed by atoms with E-state index in [2.05, 4.69) is 36.0 Å². The molecule has 0 bridgehead atoms. The predicted molar refractivity (Wildman–Crippen MR) is 86.3 cm³/mol. The molecule has 4 heteroatoms. The highest BCUT2D eigenvalue weighted by Crippen LogP contribution is 2.22. The lowest BCUT2D eigenvalue weighted by Crippen LogP contribution is -2.45. The van der Waals surface area contributed by atoms with Gasteiger partial charge < -0.3 is 10.2 Å². The summed E-state index contributed by atoms with van der Waals surface area (Å²) in [5.74, 6) is 1.24. The van der Waals surface area contributed by atoms with Crippen LogP contribution in [0, 0.1) is 11.3 Å². The maximum Gasteiger partial charge on any atom is 0.224 e. The molecular weight excluding hydrogens is 262 g/mol. The standard InChI is InChI=1S/C17H27N3O/c1-4-17(2,3)13-19-16(21)14-8-7-11-20(12-14)15-9-5-6-10-18-15/h5-6,9-10,14H,4,7-8,11-13H2,1-3H3,(H,19,21)/t14-/m0/s1. The van der Waals surface area contributed by atoms with Gasteiger partial charge >= 0.3 is 0 Å². The first kappa shape index (κ1) is 15.8. The molecule has 116 valence electrons. The first-order valence-electron chi connectivity index (χ1n) is 7.95. The predicted octanol–water partition coefficient (Wildman–Crippen LogP) is 2.85. The first-order chi connectivity index (χ1) is 10.0. The average Bonchev–Trinajstić information content (AvgIpc) is 2.53. The van der Waals surface area contributed by atoms with Crippen LogP contribution in [0.1, 0.15) is 40.0 Å². The average molecular weight is 289 g/mol. The summed E-state index contributed by atoms with van der Waals surface area (Å²) < 4.78 is 0. The Morgan fingerprint density at radius 2 is 2.29 bits per heavy atom. The van der Waals surface area contributed by atoms with Crippen molar-refractivity contribution < 1.29 is 4.79 Å². The van der Waals surface area contributed by atoms with Crippen molar-refractivity contribution in [3.63, 3.8) is 0 Å². The lowest BCUT2D eigenvalue weighted by Gasteiger charge is -2.33. The van der Waals surface area contributed by atoms with Crippen LogP contribution in [0.2, 0.25) is 0 Å². The van der Waals surface area contributed by atoms with E-state index in [9.17, 15) is 4.79 Å². The summed E-state index contributed by atoms with van der Waals surface area (Å²) in [6.07, 6.45) is 4.90. The molecule has 0 spiro atoms. The van der Waals surface area contributed by atoms with Crippen molar-refractivity contribution in [2.75, 3.05) is 24.5 Å². The summed E-state index contributed by atoms with van der Waals surface area (Å²) in [7, 11) is 0. The number of amides is 1. The number of hydrogen-bond donors (Lipinski definition) is 1. The van der Waals surface area contributed by atoms with E-state index in [0.29, 0.717) is 0 Å². The molecule has 1 aromatic rings. The monoisotopic (exact) mass is 289 g/mol. The van der Waals surface area contributed by atoms with Crippen molar-refractivity contribution in [3.05, 3.63) is 24.4 Å². The molecule has 1 N–H and O–H groups in total. The van der Waals surface area contributed by atoms with E-state index in [-0.39, 0.29) is 17.2 Å². The molecule has 2 rings (SSSR count). The van der Waals surface area contributed by atoms with Gasteiger partial charge in [0.1, 0.15) is 5.82 Å². The van der Waals surface area contributed by atoms with Crippen molar-refractivity contribution in [1.29, 1.82) is 0 Å². The fourth-order valence-electron chi connectivity index (χ4n) is 2.54. The summed E-state index contributed by atoms with van der Waals surface area (Å²) in [5, 5.41) is 3.13. The van der Waals surface area contributed by atoms with E-state index >= 15 is 0 Å². The normalized spacial score (nSPS) is 19.4. The number of anilines is 1. The zero-order valence-electron chi connectivity index (χ0n) is 13.4. The number of piperidine rings is 1. The highest BCUT2D eigenvalue weighted by atomic mass is 16.1. The number of hydrogen-bond acceptors (Lipinski definition) is 3. The summed E-state index contributed by atoms with van der Waals surface area (Å²) in [6.45, 7) is 9.05. The lowest BCUT2D eigenvalue weighted by molar-refractivity contribution is -0.125. The molecule has 0 unspecified atom stereocenters. The second-order valence-corrected chi connectivity index (χ2v) is 6.71. The zero-order valence-corrected chi connectivity index (χ0v) is 13.4. The van der Waals surface area contributed by atoms with Gasteiger partial charge in [-0.1, -0.05) is 26.8 Å². The van der Waals surface area contributed by atoms with Gasteiger partial charge in [-0.05, 0) is 36.8 Å². The smallest absolute Gasteiger partial charge is 0.224 e. The van der Waals surface area contributed by atoms with Crippen LogP contribution < -0.4 is 10.2 Å². The van der Waals surface area contributed by atoms with Crippen molar-refractivity contribution in [1.82, 2.24) is 10.3 Å². The minimum absolute atomic E-state index is 0.0772. The molecule has 0 saturated carbocycles. The quantitative estimate of drug-likeness (QED) is 0.906. The largest absolute Gasteiger partial charge is 0.356 e. The minimum Gasteiger partial charge on any atom is -0.356 e. The van der Waals surface area contributed by atoms with Crippen LogP contribution in [0.15, 0.2) is 24.4 Å². The second kappa shape index (κ2) is 6.92. The molecule has 1 atom stereocenters. The third-order valence-electron chi connectivity index (χ3n) is 4.46. The second-order valence-electron chi connectivity index (χ2n) is 6.71. The van der Waals surface area contributed by atoms with Crippen LogP contribution in [0.25, 0.3) is 0 Å². The molecule has 2 heterocycles. The number of nitrogens with zero attached hydrogens (tertiary/aromatic N) is 2. The molecule has 1 fully saturated rings. The molecule has 1 saturated heterocycles. The van der Waals surface area contributed by atoms with Gasteiger partial charge in [-0.25, -0.2) is 4.98 Å². The van der Waals surface area contributed by atoms with E-state index in [1.807, 2.05) is 24.4 Å². The third-order valence-corrected chi connectivity index (χ3v) is 4.46. The Labute approximate surface area is 127 Å². The first-order valence-corrected chi connectivity index (χ1v) is 7.95. The van der Waals surface area contributed by atoms with Crippen LogP contribution in [-0.4, -0.2) is 30.5 Å². The van der Waals surface area contributed by atoms with E-state index in [1.54, 1.807) is 0 Å². The zero-order chi connectivity index (χ0) is 15.3. The summed E-state index contributed by atoms with van der Waals surface area (Å²) in [6, 6.07) is 5.93. The van der Waals surface area contributed by atoms with Crippen LogP contribution in [0.5, 0.6) is 0 Å². The van der Waals surface area contributed by atoms with Gasteiger partial charge in [0.2, 0.25) is 5.91 Å². The molecule has 0 aromatic carbocycles. The van der Waals surface area contributed by atoms with Gasteiger partial charge in [-0.15, -0.1) is 0 Å². The van der Waals surface area contributed by atoms with Crippen LogP contribution in [-0.2, 0) is 4.79 Å². The molecule has 1 aromatic heterocycles. The van der Waals surface area contributed by atoms with E-state index in [4.69, 9.17) is 0 Å². The van der Waals surface area contributed by atoms with Crippen molar-refractivity contribution in [2.24, 2.45) is 11.3 Å². The number of rotatable bonds is 5. The van der Waals surface area contributed by atoms with Gasteiger partial charge in [0.25, 0.3) is 0 Å². The molecule has 1 aliphatic heterocycles. The molecular formula is C17H27N3O. The van der Waals surface area contributed by atoms with E-state index < -0.39 is 0 Å². The van der Waals surface area contributed by atoms with E-state index in [1.165, 1.54) is 0 Å². The van der Waals surface area contributed by atoms with Gasteiger partial charge in [0.05, 0.1) is 5.92 Å². The van der Waals surface area contributed by atoms with Crippen molar-refractivity contribution >= 4 is 11.7 Å². The summed E-state index contributed by atoms with van der Waals surface area (Å²) in [4.78, 5) is 19.0. The summed E-state index contributed by atoms with van der Waals surface area (Å²) >= 11 is 0. The number of carbonyl (C=O) groups is 1. The topological polar surface area (TPSA) is 45.2 Å². The molecule has 1 amide bonds. The maximum absolute atomic E-state index is 12.4. The Hall–Kier alpha value is -1.58. The lowest BCUT2D eigenvalue weighted by atomic mass is 9.89. The Morgan fingerprint density at radius 3 is 2.95 bits per heavy atom. The highest BCUT2D eigenvalue weighted by Gasteiger charge is 2.27. The summed E-state index contributed by atoms with van der Waals surface area (Å²) in [5.41, 5.74) is 0.172. The Kier molecular flexibility index (Phi) is 5.21. The Bertz CT molecular complexity index is 458. The third kappa shape index (κ3) is 4.45. The number of pyridine rings is 1. The number of nitrogens with one attached hydrogen (secondary N) is 1. The van der Waals surface area contributed by atoms with Crippen LogP contribution in [0.4, 0.5) is 5.82 Å². The molecule has 0 aliphatic carbocycles. The van der Waals surface area contributed by atoms with Gasteiger partial charge in [-0.3, -0.25) is 4.79 Å². The van der Waals surface area contributed by atoms with Crippen LogP contribution >= 0.6 is 0 Å². The van der Waals surface area contributed by atoms with Gasteiger partial charge in [0, 0.05) is 25.8 Å². The van der Waals surface area contributed by atoms with Crippen molar-refractivity contribution in [3.8, 4) is 0 Å². The fourth-order valence-corrected chi connectivity index (χ4v) is 2.54. The number of aromatic nitrogens is 1. The molecule has 4 nitrogen and oxygen atoms in total. The molecule has 1 aliphatic rings. The molecule has 21 heavy (non-hydrogen) atoms. The maximum atomic E-state index is 12.4. The fraction of sp³-hybridized carbons (Fsp3) is 0.647. The van der Waals surface area contributed by atoms with Crippen molar-refractivity contribution in [2.45, 2.75) is 40.0 Å². The highest BCUT2D eigenvalue weighted by molar-refractivity contribution is 5.79. The Morgan fingerprint density at radius 1 is 1.48 bits per heavy atom.